The third-order valence-electron chi connectivity index (χ3n) is 5.14. The molecule has 154 valence electrons. The number of carbonyl (C=O) groups is 1. The van der Waals surface area contributed by atoms with Gasteiger partial charge in [-0.25, -0.2) is 4.98 Å². The molecule has 2 aromatic carbocycles. The number of thioether (sulfide) groups is 1. The predicted molar refractivity (Wildman–Crippen MR) is 127 cm³/mol. The summed E-state index contributed by atoms with van der Waals surface area (Å²) < 4.78 is 1.16. The summed E-state index contributed by atoms with van der Waals surface area (Å²) in [4.78, 5) is 23.6. The van der Waals surface area contributed by atoms with Gasteiger partial charge >= 0.3 is 0 Å². The molecule has 0 saturated carbocycles. The van der Waals surface area contributed by atoms with Crippen molar-refractivity contribution in [3.63, 3.8) is 0 Å². The molecule has 1 amide bonds. The average molecular weight is 428 g/mol. The number of anilines is 1. The number of aromatic nitrogens is 1. The van der Waals surface area contributed by atoms with Gasteiger partial charge in [0.05, 0.1) is 10.2 Å². The van der Waals surface area contributed by atoms with Crippen LogP contribution in [0.2, 0.25) is 0 Å². The Hall–Kier alpha value is -1.89. The average Bonchev–Trinajstić information content (AvgIpc) is 3.15. The minimum absolute atomic E-state index is 0.0153. The van der Waals surface area contributed by atoms with E-state index in [0.29, 0.717) is 12.1 Å². The molecule has 3 aromatic rings. The molecule has 0 aliphatic rings. The van der Waals surface area contributed by atoms with Gasteiger partial charge in [-0.15, -0.1) is 11.8 Å². The molecule has 1 aromatic heterocycles. The largest absolute Gasteiger partial charge is 0.302 e. The molecule has 0 atom stereocenters. The van der Waals surface area contributed by atoms with E-state index in [4.69, 9.17) is 4.98 Å². The van der Waals surface area contributed by atoms with Gasteiger partial charge in [-0.3, -0.25) is 9.69 Å². The van der Waals surface area contributed by atoms with E-state index in [1.807, 2.05) is 35.4 Å². The zero-order valence-corrected chi connectivity index (χ0v) is 19.5. The van der Waals surface area contributed by atoms with Gasteiger partial charge in [0.1, 0.15) is 0 Å². The number of fused-ring (bicyclic) bond motifs is 1. The van der Waals surface area contributed by atoms with Crippen molar-refractivity contribution in [1.82, 2.24) is 9.88 Å². The van der Waals surface area contributed by atoms with Gasteiger partial charge in [0, 0.05) is 23.5 Å². The summed E-state index contributed by atoms with van der Waals surface area (Å²) in [7, 11) is 0. The van der Waals surface area contributed by atoms with E-state index in [1.54, 1.807) is 23.1 Å². The number of carbonyl (C=O) groups excluding carboxylic acids is 1. The highest BCUT2D eigenvalue weighted by Crippen LogP contribution is 2.33. The Morgan fingerprint density at radius 3 is 2.55 bits per heavy atom. The molecule has 0 spiro atoms. The second-order valence-electron chi connectivity index (χ2n) is 7.14. The summed E-state index contributed by atoms with van der Waals surface area (Å²) in [6, 6.07) is 12.1. The fourth-order valence-electron chi connectivity index (χ4n) is 3.46. The normalized spacial score (nSPS) is 11.4. The second kappa shape index (κ2) is 9.74. The van der Waals surface area contributed by atoms with Crippen LogP contribution in [0, 0.1) is 13.8 Å². The number of rotatable bonds is 8. The molecule has 0 fully saturated rings. The number of benzene rings is 2. The van der Waals surface area contributed by atoms with Crippen LogP contribution in [0.15, 0.2) is 41.3 Å². The Morgan fingerprint density at radius 2 is 1.86 bits per heavy atom. The molecule has 0 aliphatic carbocycles. The van der Waals surface area contributed by atoms with Crippen molar-refractivity contribution in [3.8, 4) is 0 Å². The quantitative estimate of drug-likeness (QED) is 0.437. The first kappa shape index (κ1) is 21.8. The third-order valence-corrected chi connectivity index (χ3v) is 7.09. The van der Waals surface area contributed by atoms with Crippen LogP contribution < -0.4 is 4.90 Å². The minimum Gasteiger partial charge on any atom is -0.302 e. The van der Waals surface area contributed by atoms with Gasteiger partial charge in [-0.05, 0) is 68.6 Å². The molecule has 0 unspecified atom stereocenters. The Bertz CT molecular complexity index is 995. The van der Waals surface area contributed by atoms with E-state index in [-0.39, 0.29) is 5.91 Å². The van der Waals surface area contributed by atoms with E-state index in [9.17, 15) is 4.79 Å². The number of thiazole rings is 1. The maximum atomic E-state index is 13.5. The highest BCUT2D eigenvalue weighted by Gasteiger charge is 2.22. The summed E-state index contributed by atoms with van der Waals surface area (Å²) in [6.45, 7) is 11.9. The Kier molecular flexibility index (Phi) is 7.33. The first-order chi connectivity index (χ1) is 14.0. The molecule has 4 nitrogen and oxygen atoms in total. The van der Waals surface area contributed by atoms with Crippen molar-refractivity contribution in [3.05, 3.63) is 53.1 Å². The van der Waals surface area contributed by atoms with Crippen LogP contribution in [0.1, 0.15) is 35.3 Å². The second-order valence-corrected chi connectivity index (χ2v) is 9.00. The van der Waals surface area contributed by atoms with Gasteiger partial charge in [-0.2, -0.15) is 0 Å². The van der Waals surface area contributed by atoms with Crippen LogP contribution >= 0.6 is 23.1 Å². The third kappa shape index (κ3) is 5.00. The van der Waals surface area contributed by atoms with Crippen LogP contribution in [0.25, 0.3) is 10.2 Å². The summed E-state index contributed by atoms with van der Waals surface area (Å²) in [5.41, 5.74) is 4.09. The maximum Gasteiger partial charge on any atom is 0.260 e. The Morgan fingerprint density at radius 1 is 1.10 bits per heavy atom. The minimum atomic E-state index is 0.0153. The van der Waals surface area contributed by atoms with Gasteiger partial charge in [0.2, 0.25) is 0 Å². The first-order valence-corrected chi connectivity index (χ1v) is 12.1. The SMILES string of the molecule is CCN(CC)CCN(C(=O)c1cccc(SC)c1)c1nc2cc(C)cc(C)c2s1. The zero-order valence-electron chi connectivity index (χ0n) is 17.9. The van der Waals surface area contributed by atoms with Gasteiger partial charge in [-0.1, -0.05) is 37.3 Å². The van der Waals surface area contributed by atoms with Crippen LogP contribution in [-0.4, -0.2) is 48.2 Å². The smallest absolute Gasteiger partial charge is 0.260 e. The number of likely N-dealkylation sites (N-methyl/N-ethyl adjacent to an activating group) is 1. The summed E-state index contributed by atoms with van der Waals surface area (Å²) in [6.07, 6.45) is 2.03. The molecular weight excluding hydrogens is 398 g/mol. The Labute approximate surface area is 181 Å². The first-order valence-electron chi connectivity index (χ1n) is 10.0. The van der Waals surface area contributed by atoms with Crippen LogP contribution in [-0.2, 0) is 0 Å². The number of hydrogen-bond acceptors (Lipinski definition) is 5. The lowest BCUT2D eigenvalue weighted by atomic mass is 10.1. The molecule has 0 saturated heterocycles. The van der Waals surface area contributed by atoms with E-state index < -0.39 is 0 Å². The Balaban J connectivity index is 2.00. The predicted octanol–water partition coefficient (Wildman–Crippen LogP) is 5.62. The number of amides is 1. The van der Waals surface area contributed by atoms with Crippen molar-refractivity contribution in [1.29, 1.82) is 0 Å². The van der Waals surface area contributed by atoms with E-state index in [0.717, 1.165) is 39.9 Å². The van der Waals surface area contributed by atoms with E-state index in [1.165, 1.54) is 11.1 Å². The molecule has 1 heterocycles. The number of hydrogen-bond donors (Lipinski definition) is 0. The van der Waals surface area contributed by atoms with E-state index >= 15 is 0 Å². The summed E-state index contributed by atoms with van der Waals surface area (Å²) >= 11 is 3.26. The van der Waals surface area contributed by atoms with Crippen molar-refractivity contribution >= 4 is 44.4 Å². The topological polar surface area (TPSA) is 36.4 Å². The van der Waals surface area contributed by atoms with Gasteiger partial charge in [0.15, 0.2) is 5.13 Å². The van der Waals surface area contributed by atoms with Crippen LogP contribution in [0.5, 0.6) is 0 Å². The lowest BCUT2D eigenvalue weighted by molar-refractivity contribution is 0.0983. The highest BCUT2D eigenvalue weighted by atomic mass is 32.2. The van der Waals surface area contributed by atoms with Crippen molar-refractivity contribution in [2.45, 2.75) is 32.6 Å². The summed E-state index contributed by atoms with van der Waals surface area (Å²) in [5, 5.41) is 0.778. The molecule has 6 heteroatoms. The number of aryl methyl sites for hydroxylation is 2. The number of nitrogens with zero attached hydrogens (tertiary/aromatic N) is 3. The molecular formula is C23H29N3OS2. The van der Waals surface area contributed by atoms with Crippen molar-refractivity contribution in [2.24, 2.45) is 0 Å². The van der Waals surface area contributed by atoms with Gasteiger partial charge < -0.3 is 4.90 Å². The fourth-order valence-corrected chi connectivity index (χ4v) is 4.96. The van der Waals surface area contributed by atoms with Crippen LogP contribution in [0.4, 0.5) is 5.13 Å². The lowest BCUT2D eigenvalue weighted by Crippen LogP contribution is -2.38. The molecule has 0 N–H and O–H groups in total. The van der Waals surface area contributed by atoms with Crippen molar-refractivity contribution in [2.75, 3.05) is 37.3 Å². The maximum absolute atomic E-state index is 13.5. The molecule has 3 rings (SSSR count). The molecule has 0 bridgehead atoms. The fraction of sp³-hybridized carbons (Fsp3) is 0.391. The summed E-state index contributed by atoms with van der Waals surface area (Å²) in [5.74, 6) is 0.0153. The molecule has 0 aliphatic heterocycles. The van der Waals surface area contributed by atoms with E-state index in [2.05, 4.69) is 44.7 Å². The highest BCUT2D eigenvalue weighted by molar-refractivity contribution is 7.98. The van der Waals surface area contributed by atoms with Crippen molar-refractivity contribution < 1.29 is 4.79 Å². The zero-order chi connectivity index (χ0) is 21.0. The monoisotopic (exact) mass is 427 g/mol. The molecule has 0 radical (unpaired) electrons. The molecule has 29 heavy (non-hydrogen) atoms. The van der Waals surface area contributed by atoms with Crippen LogP contribution in [0.3, 0.4) is 0 Å². The standard InChI is InChI=1S/C23H29N3OS2/c1-6-25(7-2)11-12-26(22(27)18-9-8-10-19(15-18)28-5)23-24-20-14-16(3)13-17(4)21(20)29-23/h8-10,13-15H,6-7,11-12H2,1-5H3. The van der Waals surface area contributed by atoms with Gasteiger partial charge in [0.25, 0.3) is 5.91 Å². The lowest BCUT2D eigenvalue weighted by Gasteiger charge is -2.25.